The average molecular weight is 374 g/mol. The largest absolute Gasteiger partial charge is 0.464 e. The van der Waals surface area contributed by atoms with Crippen molar-refractivity contribution in [3.05, 3.63) is 78.1 Å². The van der Waals surface area contributed by atoms with Crippen LogP contribution in [0.4, 0.5) is 5.69 Å². The fraction of sp³-hybridized carbons (Fsp3) is 0.217. The maximum absolute atomic E-state index is 13.0. The molecule has 4 rings (SSSR count). The Bertz CT molecular complexity index is 993. The first-order chi connectivity index (χ1) is 13.5. The van der Waals surface area contributed by atoms with Crippen LogP contribution in [0.25, 0.3) is 11.3 Å². The van der Waals surface area contributed by atoms with Crippen molar-refractivity contribution in [1.29, 1.82) is 0 Å². The highest BCUT2D eigenvalue weighted by Crippen LogP contribution is 2.25. The lowest BCUT2D eigenvalue weighted by Gasteiger charge is -2.40. The summed E-state index contributed by atoms with van der Waals surface area (Å²) in [6.45, 7) is 4.53. The molecular weight excluding hydrogens is 352 g/mol. The van der Waals surface area contributed by atoms with E-state index in [0.717, 1.165) is 22.6 Å². The molecule has 1 fully saturated rings. The number of benzene rings is 2. The maximum Gasteiger partial charge on any atom is 0.254 e. The molecule has 1 saturated heterocycles. The first-order valence-electron chi connectivity index (χ1n) is 9.35. The van der Waals surface area contributed by atoms with Crippen molar-refractivity contribution < 1.29 is 14.0 Å². The Morgan fingerprint density at radius 1 is 1.04 bits per heavy atom. The molecule has 0 unspecified atom stereocenters. The van der Waals surface area contributed by atoms with E-state index in [9.17, 15) is 9.59 Å². The van der Waals surface area contributed by atoms with E-state index in [-0.39, 0.29) is 24.4 Å². The van der Waals surface area contributed by atoms with Crippen LogP contribution >= 0.6 is 0 Å². The van der Waals surface area contributed by atoms with Crippen molar-refractivity contribution in [3.8, 4) is 11.3 Å². The van der Waals surface area contributed by atoms with E-state index in [1.165, 1.54) is 0 Å². The van der Waals surface area contributed by atoms with E-state index in [1.807, 2.05) is 62.4 Å². The molecule has 0 aliphatic carbocycles. The zero-order valence-electron chi connectivity index (χ0n) is 16.0. The van der Waals surface area contributed by atoms with Gasteiger partial charge in [0.15, 0.2) is 0 Å². The molecule has 2 amide bonds. The van der Waals surface area contributed by atoms with Gasteiger partial charge in [-0.3, -0.25) is 9.59 Å². The topological polar surface area (TPSA) is 53.8 Å². The van der Waals surface area contributed by atoms with Crippen molar-refractivity contribution in [2.75, 3.05) is 18.0 Å². The van der Waals surface area contributed by atoms with Gasteiger partial charge in [-0.2, -0.15) is 0 Å². The van der Waals surface area contributed by atoms with Gasteiger partial charge in [0, 0.05) is 29.4 Å². The molecule has 1 aromatic heterocycles. The first-order valence-corrected chi connectivity index (χ1v) is 9.35. The van der Waals surface area contributed by atoms with Crippen LogP contribution in [0.2, 0.25) is 0 Å². The van der Waals surface area contributed by atoms with Crippen molar-refractivity contribution >= 4 is 17.5 Å². The average Bonchev–Trinajstić information content (AvgIpc) is 3.24. The van der Waals surface area contributed by atoms with Crippen molar-refractivity contribution in [3.63, 3.8) is 0 Å². The molecule has 0 radical (unpaired) electrons. The van der Waals surface area contributed by atoms with Gasteiger partial charge in [0.2, 0.25) is 5.91 Å². The van der Waals surface area contributed by atoms with Crippen molar-refractivity contribution in [2.45, 2.75) is 19.9 Å². The Morgan fingerprint density at radius 3 is 2.46 bits per heavy atom. The fourth-order valence-corrected chi connectivity index (χ4v) is 3.61. The minimum Gasteiger partial charge on any atom is -0.464 e. The third kappa shape index (κ3) is 3.31. The normalized spacial score (nSPS) is 17.1. The van der Waals surface area contributed by atoms with Gasteiger partial charge in [-0.15, -0.1) is 0 Å². The summed E-state index contributed by atoms with van der Waals surface area (Å²) in [4.78, 5) is 29.2. The molecule has 2 heterocycles. The van der Waals surface area contributed by atoms with Gasteiger partial charge in [-0.25, -0.2) is 0 Å². The van der Waals surface area contributed by atoms with Crippen LogP contribution in [0, 0.1) is 6.92 Å². The minimum absolute atomic E-state index is 0.0621. The molecular formula is C23H22N2O3. The number of hydrogen-bond donors (Lipinski definition) is 0. The molecule has 28 heavy (non-hydrogen) atoms. The summed E-state index contributed by atoms with van der Waals surface area (Å²) in [5.74, 6) is 0.568. The third-order valence-corrected chi connectivity index (χ3v) is 5.19. The van der Waals surface area contributed by atoms with Crippen LogP contribution in [0.1, 0.15) is 22.8 Å². The summed E-state index contributed by atoms with van der Waals surface area (Å²) < 4.78 is 5.39. The summed E-state index contributed by atoms with van der Waals surface area (Å²) in [5.41, 5.74) is 3.44. The number of para-hydroxylation sites is 1. The lowest BCUT2D eigenvalue weighted by molar-refractivity contribution is -0.121. The second-order valence-corrected chi connectivity index (χ2v) is 7.13. The molecule has 0 spiro atoms. The highest BCUT2D eigenvalue weighted by molar-refractivity contribution is 6.02. The maximum atomic E-state index is 13.0. The molecule has 5 nitrogen and oxygen atoms in total. The lowest BCUT2D eigenvalue weighted by atomic mass is 10.1. The highest BCUT2D eigenvalue weighted by Gasteiger charge is 2.34. The van der Waals surface area contributed by atoms with Crippen LogP contribution in [-0.4, -0.2) is 35.8 Å². The molecule has 0 bridgehead atoms. The standard InChI is InChI=1S/C23H22N2O3/c1-16-6-3-4-7-20(16)25-14-17(2)24(15-22(25)26)23(27)19-11-9-18(10-12-19)21-8-5-13-28-21/h3-13,17H,14-15H2,1-2H3/t17-/m1/s1. The van der Waals surface area contributed by atoms with Gasteiger partial charge in [0.1, 0.15) is 12.3 Å². The number of aryl methyl sites for hydroxylation is 1. The van der Waals surface area contributed by atoms with E-state index < -0.39 is 0 Å². The Hall–Kier alpha value is -3.34. The second kappa shape index (κ2) is 7.35. The Balaban J connectivity index is 1.51. The Morgan fingerprint density at radius 2 is 1.79 bits per heavy atom. The first kappa shape index (κ1) is 18.0. The van der Waals surface area contributed by atoms with Crippen molar-refractivity contribution in [1.82, 2.24) is 4.90 Å². The smallest absolute Gasteiger partial charge is 0.254 e. The monoisotopic (exact) mass is 374 g/mol. The van der Waals surface area contributed by atoms with Gasteiger partial charge in [-0.1, -0.05) is 30.3 Å². The van der Waals surface area contributed by atoms with Crippen LogP contribution in [0.3, 0.4) is 0 Å². The third-order valence-electron chi connectivity index (χ3n) is 5.19. The van der Waals surface area contributed by atoms with Crippen molar-refractivity contribution in [2.24, 2.45) is 0 Å². The quantitative estimate of drug-likeness (QED) is 0.693. The van der Waals surface area contributed by atoms with Gasteiger partial charge < -0.3 is 14.2 Å². The molecule has 1 aliphatic rings. The molecule has 1 aliphatic heterocycles. The van der Waals surface area contributed by atoms with Gasteiger partial charge >= 0.3 is 0 Å². The van der Waals surface area contributed by atoms with E-state index in [1.54, 1.807) is 28.2 Å². The Kier molecular flexibility index (Phi) is 4.74. The molecule has 0 N–H and O–H groups in total. The molecule has 3 aromatic rings. The Labute approximate surface area is 164 Å². The molecule has 2 aromatic carbocycles. The summed E-state index contributed by atoms with van der Waals surface area (Å²) in [5, 5.41) is 0. The van der Waals surface area contributed by atoms with Crippen LogP contribution in [-0.2, 0) is 4.79 Å². The zero-order valence-corrected chi connectivity index (χ0v) is 16.0. The summed E-state index contributed by atoms with van der Waals surface area (Å²) in [6, 6.07) is 18.8. The zero-order chi connectivity index (χ0) is 19.7. The predicted molar refractivity (Wildman–Crippen MR) is 108 cm³/mol. The number of carbonyl (C=O) groups excluding carboxylic acids is 2. The number of carbonyl (C=O) groups is 2. The van der Waals surface area contributed by atoms with E-state index in [4.69, 9.17) is 4.42 Å². The summed E-state index contributed by atoms with van der Waals surface area (Å²) >= 11 is 0. The number of nitrogens with zero attached hydrogens (tertiary/aromatic N) is 2. The second-order valence-electron chi connectivity index (χ2n) is 7.13. The molecule has 1 atom stereocenters. The summed E-state index contributed by atoms with van der Waals surface area (Å²) in [6.07, 6.45) is 1.62. The number of amides is 2. The number of anilines is 1. The van der Waals surface area contributed by atoms with Crippen LogP contribution < -0.4 is 4.90 Å². The van der Waals surface area contributed by atoms with E-state index in [2.05, 4.69) is 0 Å². The lowest BCUT2D eigenvalue weighted by Crippen LogP contribution is -2.57. The van der Waals surface area contributed by atoms with Crippen LogP contribution in [0.15, 0.2) is 71.3 Å². The number of rotatable bonds is 3. The minimum atomic E-state index is -0.128. The highest BCUT2D eigenvalue weighted by atomic mass is 16.3. The van der Waals surface area contributed by atoms with Crippen LogP contribution in [0.5, 0.6) is 0 Å². The molecule has 5 heteroatoms. The number of piperazine rings is 1. The van der Waals surface area contributed by atoms with Gasteiger partial charge in [0.05, 0.1) is 6.26 Å². The molecule has 142 valence electrons. The van der Waals surface area contributed by atoms with E-state index in [0.29, 0.717) is 12.1 Å². The van der Waals surface area contributed by atoms with Gasteiger partial charge in [-0.05, 0) is 49.7 Å². The predicted octanol–water partition coefficient (Wildman–Crippen LogP) is 4.13. The molecule has 0 saturated carbocycles. The van der Waals surface area contributed by atoms with E-state index >= 15 is 0 Å². The number of hydrogen-bond acceptors (Lipinski definition) is 3. The van der Waals surface area contributed by atoms with Gasteiger partial charge in [0.25, 0.3) is 5.91 Å². The fourth-order valence-electron chi connectivity index (χ4n) is 3.61. The summed E-state index contributed by atoms with van der Waals surface area (Å²) in [7, 11) is 0. The SMILES string of the molecule is Cc1ccccc1N1C[C@@H](C)N(C(=O)c2ccc(-c3ccco3)cc2)CC1=O. The number of furan rings is 1.